The largest absolute Gasteiger partial charge is 0.493 e. The number of benzene rings is 1. The van der Waals surface area contributed by atoms with Crippen LogP contribution in [-0.4, -0.2) is 106 Å². The molecular weight excluding hydrogens is 618 g/mol. The molecule has 0 unspecified atom stereocenters. The summed E-state index contributed by atoms with van der Waals surface area (Å²) in [4.78, 5) is 40.0. The van der Waals surface area contributed by atoms with E-state index in [0.717, 1.165) is 12.0 Å². The average Bonchev–Trinajstić information content (AvgIpc) is 3.03. The summed E-state index contributed by atoms with van der Waals surface area (Å²) < 4.78 is 27.5. The van der Waals surface area contributed by atoms with Crippen LogP contribution in [-0.2, 0) is 30.2 Å². The van der Waals surface area contributed by atoms with Crippen molar-refractivity contribution in [3.8, 4) is 11.5 Å². The van der Waals surface area contributed by atoms with Gasteiger partial charge in [0.15, 0.2) is 11.5 Å². The van der Waals surface area contributed by atoms with Crippen LogP contribution in [0.5, 0.6) is 11.5 Å². The van der Waals surface area contributed by atoms with Crippen molar-refractivity contribution in [2.24, 2.45) is 17.8 Å². The third-order valence-electron chi connectivity index (χ3n) is 8.42. The number of alkyl carbamates (subject to hydrolysis) is 1. The number of hydrogen-bond acceptors (Lipinski definition) is 9. The van der Waals surface area contributed by atoms with Crippen molar-refractivity contribution >= 4 is 17.9 Å². The summed E-state index contributed by atoms with van der Waals surface area (Å²) in [6, 6.07) is 5.22. The van der Waals surface area contributed by atoms with Gasteiger partial charge in [-0.15, -0.1) is 0 Å². The lowest BCUT2D eigenvalue weighted by molar-refractivity contribution is -0.135. The molecule has 4 atom stereocenters. The van der Waals surface area contributed by atoms with E-state index in [-0.39, 0.29) is 30.1 Å². The Balaban J connectivity index is 2.07. The maximum atomic E-state index is 12.9. The summed E-state index contributed by atoms with van der Waals surface area (Å²) in [7, 11) is 3.27. The fourth-order valence-corrected chi connectivity index (χ4v) is 5.57. The van der Waals surface area contributed by atoms with Gasteiger partial charge in [0, 0.05) is 52.1 Å². The lowest BCUT2D eigenvalue weighted by Crippen LogP contribution is -2.48. The first-order chi connectivity index (χ1) is 22.7. The zero-order chi connectivity index (χ0) is 35.7. The molecule has 12 nitrogen and oxygen atoms in total. The van der Waals surface area contributed by atoms with Crippen molar-refractivity contribution in [1.29, 1.82) is 0 Å². The molecule has 3 N–H and O–H groups in total. The average molecular weight is 680 g/mol. The van der Waals surface area contributed by atoms with E-state index in [4.69, 9.17) is 23.7 Å². The van der Waals surface area contributed by atoms with Crippen LogP contribution in [0.25, 0.3) is 0 Å². The topological polar surface area (TPSA) is 145 Å². The molecule has 3 amide bonds. The highest BCUT2D eigenvalue weighted by molar-refractivity contribution is 5.78. The standard InChI is InChI=1S/C36H61N3O9/c1-25(2)28(22-27-12-13-31(45-8)32(23-27)47-18-10-17-44-7)24-29(38-35(43)48-36(4,5)6)30(40)21-26(3)34(42)37-14-9-11-33(41)39-15-19-46-20-16-39/h12-13,23,25-26,28-30,40H,9-11,14-22,24H2,1-8H3,(H,37,42)(H,38,43)/t26-,28+,29+,30+/m1/s1. The number of carbonyl (C=O) groups is 3. The highest BCUT2D eigenvalue weighted by Gasteiger charge is 2.31. The molecule has 1 aromatic carbocycles. The van der Waals surface area contributed by atoms with Crippen LogP contribution < -0.4 is 20.1 Å². The highest BCUT2D eigenvalue weighted by atomic mass is 16.6. The lowest BCUT2D eigenvalue weighted by Gasteiger charge is -2.32. The number of rotatable bonds is 20. The van der Waals surface area contributed by atoms with Crippen molar-refractivity contribution in [2.75, 3.05) is 60.3 Å². The minimum atomic E-state index is -1.00. The van der Waals surface area contributed by atoms with Gasteiger partial charge in [-0.1, -0.05) is 26.8 Å². The SMILES string of the molecule is COCCCOc1cc(C[C@@H](C[C@H](NC(=O)OC(C)(C)C)[C@@H](O)C[C@@H](C)C(=O)NCCCC(=O)N2CCOCC2)C(C)C)ccc1OC. The molecule has 0 bridgehead atoms. The van der Waals surface area contributed by atoms with Gasteiger partial charge in [-0.2, -0.15) is 0 Å². The summed E-state index contributed by atoms with van der Waals surface area (Å²) in [5.74, 6) is 0.926. The number of carbonyl (C=O) groups excluding carboxylic acids is 3. The Bertz CT molecular complexity index is 1120. The van der Waals surface area contributed by atoms with Crippen molar-refractivity contribution in [3.63, 3.8) is 0 Å². The van der Waals surface area contributed by atoms with E-state index >= 15 is 0 Å². The van der Waals surface area contributed by atoms with Gasteiger partial charge in [-0.3, -0.25) is 9.59 Å². The Hall–Kier alpha value is -3.09. The molecule has 1 aromatic rings. The smallest absolute Gasteiger partial charge is 0.407 e. The van der Waals surface area contributed by atoms with Crippen LogP contribution in [0.15, 0.2) is 18.2 Å². The van der Waals surface area contributed by atoms with E-state index < -0.39 is 29.8 Å². The van der Waals surface area contributed by atoms with Crippen LogP contribution >= 0.6 is 0 Å². The molecule has 1 heterocycles. The van der Waals surface area contributed by atoms with E-state index in [1.165, 1.54) is 0 Å². The minimum absolute atomic E-state index is 0.0623. The Labute approximate surface area is 287 Å². The molecule has 12 heteroatoms. The van der Waals surface area contributed by atoms with E-state index in [1.54, 1.807) is 46.8 Å². The van der Waals surface area contributed by atoms with Crippen LogP contribution in [0.2, 0.25) is 0 Å². The maximum absolute atomic E-state index is 12.9. The Morgan fingerprint density at radius 2 is 1.71 bits per heavy atom. The van der Waals surface area contributed by atoms with E-state index in [2.05, 4.69) is 24.5 Å². The molecule has 1 saturated heterocycles. The summed E-state index contributed by atoms with van der Waals surface area (Å²) in [6.07, 6.45) is 1.30. The third kappa shape index (κ3) is 15.4. The third-order valence-corrected chi connectivity index (χ3v) is 8.42. The van der Waals surface area contributed by atoms with Crippen molar-refractivity contribution in [1.82, 2.24) is 15.5 Å². The molecule has 0 aliphatic carbocycles. The molecule has 48 heavy (non-hydrogen) atoms. The number of methoxy groups -OCH3 is 2. The molecule has 2 rings (SSSR count). The molecule has 1 aliphatic rings. The molecule has 274 valence electrons. The van der Waals surface area contributed by atoms with Crippen molar-refractivity contribution < 1.29 is 43.2 Å². The molecule has 1 aliphatic heterocycles. The molecule has 1 fully saturated rings. The van der Waals surface area contributed by atoms with Crippen molar-refractivity contribution in [2.45, 2.75) is 97.8 Å². The summed E-state index contributed by atoms with van der Waals surface area (Å²) in [5.41, 5.74) is 0.331. The number of amides is 3. The summed E-state index contributed by atoms with van der Waals surface area (Å²) >= 11 is 0. The van der Waals surface area contributed by atoms with E-state index in [9.17, 15) is 19.5 Å². The van der Waals surface area contributed by atoms with Gasteiger partial charge in [-0.05, 0) is 76.0 Å². The molecule has 0 saturated carbocycles. The molecule has 0 aromatic heterocycles. The van der Waals surface area contributed by atoms with Crippen LogP contribution in [0, 0.1) is 17.8 Å². The number of ether oxygens (including phenoxy) is 5. The maximum Gasteiger partial charge on any atom is 0.407 e. The normalized spacial score (nSPS) is 16.1. The van der Waals surface area contributed by atoms with E-state index in [0.29, 0.717) is 83.2 Å². The first-order valence-corrected chi connectivity index (χ1v) is 17.3. The number of morpholine rings is 1. The van der Waals surface area contributed by atoms with Gasteiger partial charge in [0.05, 0.1) is 39.1 Å². The van der Waals surface area contributed by atoms with Gasteiger partial charge in [0.2, 0.25) is 11.8 Å². The predicted molar refractivity (Wildman–Crippen MR) is 184 cm³/mol. The van der Waals surface area contributed by atoms with Crippen LogP contribution in [0.1, 0.15) is 79.2 Å². The monoisotopic (exact) mass is 679 g/mol. The van der Waals surface area contributed by atoms with Gasteiger partial charge in [0.1, 0.15) is 5.60 Å². The van der Waals surface area contributed by atoms with Gasteiger partial charge in [-0.25, -0.2) is 4.79 Å². The number of nitrogens with one attached hydrogen (secondary N) is 2. The molecular formula is C36H61N3O9. The zero-order valence-electron chi connectivity index (χ0n) is 30.5. The van der Waals surface area contributed by atoms with E-state index in [1.807, 2.05) is 18.2 Å². The fraction of sp³-hybridized carbons (Fsp3) is 0.750. The first kappa shape index (κ1) is 41.1. The highest BCUT2D eigenvalue weighted by Crippen LogP contribution is 2.32. The number of aliphatic hydroxyl groups is 1. The Morgan fingerprint density at radius 3 is 2.33 bits per heavy atom. The van der Waals surface area contributed by atoms with Crippen molar-refractivity contribution in [3.05, 3.63) is 23.8 Å². The number of hydrogen-bond donors (Lipinski definition) is 3. The predicted octanol–water partition coefficient (Wildman–Crippen LogP) is 4.35. The quantitative estimate of drug-likeness (QED) is 0.171. The van der Waals surface area contributed by atoms with Gasteiger partial charge < -0.3 is 44.3 Å². The molecule has 0 radical (unpaired) electrons. The second-order valence-corrected chi connectivity index (χ2v) is 14.0. The second kappa shape index (κ2) is 21.1. The Morgan fingerprint density at radius 1 is 1.00 bits per heavy atom. The lowest BCUT2D eigenvalue weighted by atomic mass is 9.82. The van der Waals surface area contributed by atoms with Crippen LogP contribution in [0.4, 0.5) is 4.79 Å². The summed E-state index contributed by atoms with van der Waals surface area (Å²) in [5, 5.41) is 17.3. The fourth-order valence-electron chi connectivity index (χ4n) is 5.57. The number of nitrogens with zero attached hydrogens (tertiary/aromatic N) is 1. The van der Waals surface area contributed by atoms with Crippen LogP contribution in [0.3, 0.4) is 0 Å². The van der Waals surface area contributed by atoms with Gasteiger partial charge in [0.25, 0.3) is 0 Å². The zero-order valence-corrected chi connectivity index (χ0v) is 30.5. The number of aliphatic hydroxyl groups excluding tert-OH is 1. The first-order valence-electron chi connectivity index (χ1n) is 17.3. The Kier molecular flexibility index (Phi) is 18.1. The second-order valence-electron chi connectivity index (χ2n) is 14.0. The summed E-state index contributed by atoms with van der Waals surface area (Å²) in [6.45, 7) is 15.1. The minimum Gasteiger partial charge on any atom is -0.493 e. The molecule has 0 spiro atoms. The van der Waals surface area contributed by atoms with Gasteiger partial charge >= 0.3 is 6.09 Å².